The topological polar surface area (TPSA) is 95.4 Å². The van der Waals surface area contributed by atoms with Crippen LogP contribution in [0.25, 0.3) is 0 Å². The third-order valence-corrected chi connectivity index (χ3v) is 5.48. The Bertz CT molecular complexity index is 1160. The third-order valence-electron chi connectivity index (χ3n) is 4.75. The number of nitrogens with zero attached hydrogens (tertiary/aromatic N) is 3. The van der Waals surface area contributed by atoms with Gasteiger partial charge in [-0.05, 0) is 42.8 Å². The quantitative estimate of drug-likeness (QED) is 0.520. The molecule has 0 aliphatic carbocycles. The van der Waals surface area contributed by atoms with Gasteiger partial charge >= 0.3 is 5.97 Å². The standard InChI is InChI=1S/C23H22Cl2N4O3/c1-13-17(12-21(30)31)22(29(2)3)28-20(26-13)10-14-4-7-16(8-5-14)27-23(32)15-6-9-18(24)19(25)11-15/h4-9,11H,10,12H2,1-3H3,(H,27,32)(H,30,31). The minimum absolute atomic E-state index is 0.132. The van der Waals surface area contributed by atoms with Crippen molar-refractivity contribution in [1.82, 2.24) is 9.97 Å². The van der Waals surface area contributed by atoms with E-state index in [0.29, 0.717) is 50.6 Å². The Labute approximate surface area is 196 Å². The second-order valence-corrected chi connectivity index (χ2v) is 8.26. The summed E-state index contributed by atoms with van der Waals surface area (Å²) in [5.74, 6) is -0.0284. The zero-order valence-electron chi connectivity index (χ0n) is 17.8. The van der Waals surface area contributed by atoms with Crippen molar-refractivity contribution in [3.05, 3.63) is 80.7 Å². The monoisotopic (exact) mass is 472 g/mol. The van der Waals surface area contributed by atoms with Crippen molar-refractivity contribution < 1.29 is 14.7 Å². The number of hydrogen-bond donors (Lipinski definition) is 2. The molecule has 0 unspecified atom stereocenters. The summed E-state index contributed by atoms with van der Waals surface area (Å²) >= 11 is 11.9. The van der Waals surface area contributed by atoms with Crippen LogP contribution in [-0.4, -0.2) is 41.0 Å². The van der Waals surface area contributed by atoms with Crippen molar-refractivity contribution in [2.24, 2.45) is 0 Å². The molecule has 0 spiro atoms. The van der Waals surface area contributed by atoms with Crippen molar-refractivity contribution in [2.45, 2.75) is 19.8 Å². The normalized spacial score (nSPS) is 10.7. The van der Waals surface area contributed by atoms with E-state index >= 15 is 0 Å². The van der Waals surface area contributed by atoms with Gasteiger partial charge in [-0.25, -0.2) is 9.97 Å². The zero-order valence-corrected chi connectivity index (χ0v) is 19.3. The Morgan fingerprint density at radius 2 is 1.72 bits per heavy atom. The fraction of sp³-hybridized carbons (Fsp3) is 0.217. The molecule has 3 aromatic rings. The summed E-state index contributed by atoms with van der Waals surface area (Å²) in [6, 6.07) is 12.0. The highest BCUT2D eigenvalue weighted by Crippen LogP contribution is 2.24. The number of benzene rings is 2. The number of anilines is 2. The summed E-state index contributed by atoms with van der Waals surface area (Å²) < 4.78 is 0. The number of carboxylic acid groups (broad SMARTS) is 1. The van der Waals surface area contributed by atoms with Gasteiger partial charge in [-0.1, -0.05) is 35.3 Å². The minimum Gasteiger partial charge on any atom is -0.481 e. The number of nitrogens with one attached hydrogen (secondary N) is 1. The number of carbonyl (C=O) groups is 2. The Morgan fingerprint density at radius 3 is 2.31 bits per heavy atom. The molecule has 2 N–H and O–H groups in total. The fourth-order valence-corrected chi connectivity index (χ4v) is 3.47. The first kappa shape index (κ1) is 23.5. The molecule has 0 saturated carbocycles. The summed E-state index contributed by atoms with van der Waals surface area (Å²) in [5.41, 5.74) is 3.24. The highest BCUT2D eigenvalue weighted by molar-refractivity contribution is 6.42. The van der Waals surface area contributed by atoms with E-state index in [1.54, 1.807) is 36.1 Å². The smallest absolute Gasteiger partial charge is 0.308 e. The predicted octanol–water partition coefficient (Wildman–Crippen LogP) is 4.63. The molecular weight excluding hydrogens is 451 g/mol. The van der Waals surface area contributed by atoms with Gasteiger partial charge in [0, 0.05) is 43.0 Å². The second-order valence-electron chi connectivity index (χ2n) is 7.45. The first-order valence-corrected chi connectivity index (χ1v) is 10.5. The largest absolute Gasteiger partial charge is 0.481 e. The molecule has 3 rings (SSSR count). The molecule has 2 aromatic carbocycles. The van der Waals surface area contributed by atoms with Gasteiger partial charge in [-0.3, -0.25) is 9.59 Å². The molecule has 166 valence electrons. The highest BCUT2D eigenvalue weighted by Gasteiger charge is 2.16. The van der Waals surface area contributed by atoms with E-state index in [4.69, 9.17) is 23.2 Å². The van der Waals surface area contributed by atoms with Gasteiger partial charge in [0.05, 0.1) is 16.5 Å². The van der Waals surface area contributed by atoms with E-state index in [-0.39, 0.29) is 12.3 Å². The Kier molecular flexibility index (Phi) is 7.33. The molecule has 1 heterocycles. The molecule has 32 heavy (non-hydrogen) atoms. The SMILES string of the molecule is Cc1nc(Cc2ccc(NC(=O)c3ccc(Cl)c(Cl)c3)cc2)nc(N(C)C)c1CC(=O)O. The van der Waals surface area contributed by atoms with Crippen LogP contribution in [0.5, 0.6) is 0 Å². The van der Waals surface area contributed by atoms with Crippen LogP contribution >= 0.6 is 23.2 Å². The lowest BCUT2D eigenvalue weighted by molar-refractivity contribution is -0.136. The molecule has 0 atom stereocenters. The van der Waals surface area contributed by atoms with Crippen LogP contribution in [0.1, 0.15) is 33.0 Å². The van der Waals surface area contributed by atoms with Crippen LogP contribution in [0.15, 0.2) is 42.5 Å². The van der Waals surface area contributed by atoms with Gasteiger partial charge in [0.25, 0.3) is 5.91 Å². The molecule has 0 fully saturated rings. The lowest BCUT2D eigenvalue weighted by atomic mass is 10.1. The van der Waals surface area contributed by atoms with E-state index < -0.39 is 5.97 Å². The molecule has 7 nitrogen and oxygen atoms in total. The Balaban J connectivity index is 1.74. The van der Waals surface area contributed by atoms with Gasteiger partial charge in [0.1, 0.15) is 11.6 Å². The number of aliphatic carboxylic acids is 1. The molecule has 9 heteroatoms. The van der Waals surface area contributed by atoms with Crippen molar-refractivity contribution in [1.29, 1.82) is 0 Å². The summed E-state index contributed by atoms with van der Waals surface area (Å²) in [6.07, 6.45) is 0.336. The van der Waals surface area contributed by atoms with Crippen LogP contribution in [0.4, 0.5) is 11.5 Å². The Hall–Kier alpha value is -3.16. The Morgan fingerprint density at radius 1 is 1.03 bits per heavy atom. The summed E-state index contributed by atoms with van der Waals surface area (Å²) in [5, 5.41) is 12.7. The molecule has 1 aromatic heterocycles. The number of amides is 1. The summed E-state index contributed by atoms with van der Waals surface area (Å²) in [6.45, 7) is 1.79. The van der Waals surface area contributed by atoms with Crippen LogP contribution in [0.2, 0.25) is 10.0 Å². The lowest BCUT2D eigenvalue weighted by Gasteiger charge is -2.18. The number of halogens is 2. The number of aromatic nitrogens is 2. The maximum absolute atomic E-state index is 12.4. The van der Waals surface area contributed by atoms with Crippen LogP contribution < -0.4 is 10.2 Å². The number of rotatable bonds is 7. The number of carbonyl (C=O) groups excluding carboxylic acids is 1. The third kappa shape index (κ3) is 5.75. The number of hydrogen-bond acceptors (Lipinski definition) is 5. The van der Waals surface area contributed by atoms with Gasteiger partial charge in [-0.15, -0.1) is 0 Å². The van der Waals surface area contributed by atoms with Gasteiger partial charge in [-0.2, -0.15) is 0 Å². The first-order chi connectivity index (χ1) is 15.1. The molecule has 0 bridgehead atoms. The van der Waals surface area contributed by atoms with Gasteiger partial charge in [0.2, 0.25) is 0 Å². The van der Waals surface area contributed by atoms with E-state index in [0.717, 1.165) is 5.56 Å². The average molecular weight is 473 g/mol. The molecular formula is C23H22Cl2N4O3. The highest BCUT2D eigenvalue weighted by atomic mass is 35.5. The van der Waals surface area contributed by atoms with Crippen molar-refractivity contribution in [2.75, 3.05) is 24.3 Å². The van der Waals surface area contributed by atoms with Crippen LogP contribution in [0, 0.1) is 6.92 Å². The average Bonchev–Trinajstić information content (AvgIpc) is 2.72. The van der Waals surface area contributed by atoms with E-state index in [2.05, 4.69) is 15.3 Å². The molecule has 1 amide bonds. The van der Waals surface area contributed by atoms with Crippen LogP contribution in [0.3, 0.4) is 0 Å². The maximum Gasteiger partial charge on any atom is 0.308 e. The summed E-state index contributed by atoms with van der Waals surface area (Å²) in [7, 11) is 3.64. The first-order valence-electron chi connectivity index (χ1n) is 9.75. The minimum atomic E-state index is -0.925. The maximum atomic E-state index is 12.4. The van der Waals surface area contributed by atoms with Crippen molar-refractivity contribution in [3.8, 4) is 0 Å². The van der Waals surface area contributed by atoms with Crippen molar-refractivity contribution >= 4 is 46.6 Å². The predicted molar refractivity (Wildman–Crippen MR) is 126 cm³/mol. The van der Waals surface area contributed by atoms with Crippen LogP contribution in [-0.2, 0) is 17.6 Å². The van der Waals surface area contributed by atoms with E-state index in [1.165, 1.54) is 6.07 Å². The van der Waals surface area contributed by atoms with E-state index in [1.807, 2.05) is 26.2 Å². The lowest BCUT2D eigenvalue weighted by Crippen LogP contribution is -2.18. The fourth-order valence-electron chi connectivity index (χ4n) is 3.17. The van der Waals surface area contributed by atoms with Gasteiger partial charge < -0.3 is 15.3 Å². The number of aryl methyl sites for hydroxylation is 1. The second kappa shape index (κ2) is 9.97. The summed E-state index contributed by atoms with van der Waals surface area (Å²) in [4.78, 5) is 34.5. The van der Waals surface area contributed by atoms with Gasteiger partial charge in [0.15, 0.2) is 0 Å². The van der Waals surface area contributed by atoms with Crippen molar-refractivity contribution in [3.63, 3.8) is 0 Å². The van der Waals surface area contributed by atoms with E-state index in [9.17, 15) is 14.7 Å². The molecule has 0 saturated heterocycles. The molecule has 0 aliphatic rings. The molecule has 0 aliphatic heterocycles. The molecule has 0 radical (unpaired) electrons. The zero-order chi connectivity index (χ0) is 23.4. The number of carboxylic acids is 1.